The normalized spacial score (nSPS) is 21.6. The molecule has 1 aliphatic rings. The molecule has 1 atom stereocenters. The summed E-state index contributed by atoms with van der Waals surface area (Å²) in [7, 11) is 4.10. The third kappa shape index (κ3) is 1.90. The van der Waals surface area contributed by atoms with Gasteiger partial charge in [-0.2, -0.15) is 0 Å². The van der Waals surface area contributed by atoms with E-state index in [-0.39, 0.29) is 5.54 Å². The van der Waals surface area contributed by atoms with Gasteiger partial charge in [-0.05, 0) is 38.4 Å². The molecular formula is C12H18ClNOS. The summed E-state index contributed by atoms with van der Waals surface area (Å²) in [6.45, 7) is 0. The summed E-state index contributed by atoms with van der Waals surface area (Å²) in [6, 6.07) is 1.86. The Kier molecular flexibility index (Phi) is 3.59. The smallest absolute Gasteiger partial charge is 0.108 e. The lowest BCUT2D eigenvalue weighted by Crippen LogP contribution is -2.46. The van der Waals surface area contributed by atoms with Gasteiger partial charge in [0.1, 0.15) is 6.10 Å². The Balaban J connectivity index is 2.31. The van der Waals surface area contributed by atoms with Gasteiger partial charge in [-0.25, -0.2) is 0 Å². The minimum atomic E-state index is -0.461. The third-order valence-electron chi connectivity index (χ3n) is 3.76. The minimum Gasteiger partial charge on any atom is -0.386 e. The Morgan fingerprint density at radius 1 is 1.44 bits per heavy atom. The number of halogens is 1. The molecule has 2 nitrogen and oxygen atoms in total. The van der Waals surface area contributed by atoms with Crippen molar-refractivity contribution in [2.45, 2.75) is 37.3 Å². The van der Waals surface area contributed by atoms with E-state index in [2.05, 4.69) is 19.0 Å². The molecule has 1 aliphatic carbocycles. The quantitative estimate of drug-likeness (QED) is 0.900. The molecule has 1 saturated carbocycles. The van der Waals surface area contributed by atoms with Crippen LogP contribution in [0.1, 0.15) is 36.7 Å². The van der Waals surface area contributed by atoms with E-state index in [1.54, 1.807) is 11.3 Å². The maximum atomic E-state index is 10.6. The van der Waals surface area contributed by atoms with Crippen molar-refractivity contribution in [3.63, 3.8) is 0 Å². The lowest BCUT2D eigenvalue weighted by Gasteiger charge is -2.40. The van der Waals surface area contributed by atoms with E-state index >= 15 is 0 Å². The average Bonchev–Trinajstić information content (AvgIpc) is 2.85. The predicted octanol–water partition coefficient (Wildman–Crippen LogP) is 3.31. The van der Waals surface area contributed by atoms with Crippen LogP contribution in [0, 0.1) is 0 Å². The zero-order valence-electron chi connectivity index (χ0n) is 9.74. The Morgan fingerprint density at radius 3 is 2.50 bits per heavy atom. The number of nitrogens with zero attached hydrogens (tertiary/aromatic N) is 1. The monoisotopic (exact) mass is 259 g/mol. The number of hydrogen-bond acceptors (Lipinski definition) is 3. The Morgan fingerprint density at radius 2 is 2.06 bits per heavy atom. The zero-order chi connectivity index (χ0) is 11.8. The van der Waals surface area contributed by atoms with Gasteiger partial charge < -0.3 is 10.0 Å². The molecule has 0 bridgehead atoms. The second kappa shape index (κ2) is 4.65. The topological polar surface area (TPSA) is 23.5 Å². The fourth-order valence-electron chi connectivity index (χ4n) is 2.70. The van der Waals surface area contributed by atoms with E-state index < -0.39 is 6.10 Å². The second-order valence-corrected chi connectivity index (χ2v) is 6.10. The standard InChI is InChI=1S/C12H18ClNOS/c1-14(2)12(6-3-4-7-12)11(15)10-9(13)5-8-16-10/h5,8,11,15H,3-4,6-7H2,1-2H3. The highest BCUT2D eigenvalue weighted by atomic mass is 35.5. The molecule has 0 aliphatic heterocycles. The van der Waals surface area contributed by atoms with Gasteiger partial charge in [-0.15, -0.1) is 11.3 Å². The largest absolute Gasteiger partial charge is 0.386 e. The lowest BCUT2D eigenvalue weighted by atomic mass is 9.88. The zero-order valence-corrected chi connectivity index (χ0v) is 11.3. The number of likely N-dealkylation sites (N-methyl/N-ethyl adjacent to an activating group) is 1. The first-order chi connectivity index (χ1) is 7.58. The van der Waals surface area contributed by atoms with Crippen molar-refractivity contribution >= 4 is 22.9 Å². The number of aliphatic hydroxyl groups excluding tert-OH is 1. The van der Waals surface area contributed by atoms with Crippen molar-refractivity contribution in [3.8, 4) is 0 Å². The van der Waals surface area contributed by atoms with Crippen LogP contribution in [0.2, 0.25) is 5.02 Å². The van der Waals surface area contributed by atoms with Crippen LogP contribution >= 0.6 is 22.9 Å². The van der Waals surface area contributed by atoms with Gasteiger partial charge in [0.15, 0.2) is 0 Å². The molecule has 2 rings (SSSR count). The van der Waals surface area contributed by atoms with E-state index in [1.807, 2.05) is 11.4 Å². The van der Waals surface area contributed by atoms with Crippen molar-refractivity contribution in [2.24, 2.45) is 0 Å². The number of thiophene rings is 1. The van der Waals surface area contributed by atoms with Crippen molar-refractivity contribution in [2.75, 3.05) is 14.1 Å². The van der Waals surface area contributed by atoms with Crippen LogP contribution in [0.25, 0.3) is 0 Å². The van der Waals surface area contributed by atoms with E-state index in [0.717, 1.165) is 17.7 Å². The molecule has 0 amide bonds. The SMILES string of the molecule is CN(C)C1(C(O)c2sccc2Cl)CCCC1. The molecule has 0 saturated heterocycles. The van der Waals surface area contributed by atoms with Gasteiger partial charge in [0.2, 0.25) is 0 Å². The molecule has 1 N–H and O–H groups in total. The van der Waals surface area contributed by atoms with E-state index in [1.165, 1.54) is 12.8 Å². The van der Waals surface area contributed by atoms with E-state index in [4.69, 9.17) is 11.6 Å². The van der Waals surface area contributed by atoms with E-state index in [0.29, 0.717) is 5.02 Å². The first-order valence-corrected chi connectivity index (χ1v) is 6.92. The van der Waals surface area contributed by atoms with Crippen molar-refractivity contribution in [1.29, 1.82) is 0 Å². The molecule has 4 heteroatoms. The summed E-state index contributed by atoms with van der Waals surface area (Å²) in [5.74, 6) is 0. The molecule has 0 aromatic carbocycles. The molecule has 1 unspecified atom stereocenters. The van der Waals surface area contributed by atoms with Crippen molar-refractivity contribution in [1.82, 2.24) is 4.90 Å². The van der Waals surface area contributed by atoms with Crippen molar-refractivity contribution < 1.29 is 5.11 Å². The van der Waals surface area contributed by atoms with Crippen molar-refractivity contribution in [3.05, 3.63) is 21.3 Å². The first kappa shape index (κ1) is 12.4. The first-order valence-electron chi connectivity index (χ1n) is 5.66. The van der Waals surface area contributed by atoms with Crippen LogP contribution in [0.5, 0.6) is 0 Å². The number of aliphatic hydroxyl groups is 1. The number of hydrogen-bond donors (Lipinski definition) is 1. The summed E-state index contributed by atoms with van der Waals surface area (Å²) in [6.07, 6.45) is 4.03. The van der Waals surface area contributed by atoms with Gasteiger partial charge in [0.25, 0.3) is 0 Å². The van der Waals surface area contributed by atoms with Crippen LogP contribution in [-0.4, -0.2) is 29.6 Å². The number of rotatable bonds is 3. The van der Waals surface area contributed by atoms with Crippen LogP contribution in [0.3, 0.4) is 0 Å². The second-order valence-electron chi connectivity index (χ2n) is 4.74. The Hall–Kier alpha value is -0.0900. The Labute approximate surface area is 106 Å². The van der Waals surface area contributed by atoms with Crippen LogP contribution in [-0.2, 0) is 0 Å². The summed E-state index contributed by atoms with van der Waals surface area (Å²) >= 11 is 7.66. The molecule has 1 fully saturated rings. The van der Waals surface area contributed by atoms with Gasteiger partial charge in [-0.1, -0.05) is 24.4 Å². The lowest BCUT2D eigenvalue weighted by molar-refractivity contribution is -0.00251. The molecule has 16 heavy (non-hydrogen) atoms. The average molecular weight is 260 g/mol. The van der Waals surface area contributed by atoms with Crippen LogP contribution in [0.4, 0.5) is 0 Å². The molecule has 90 valence electrons. The molecule has 1 aromatic heterocycles. The van der Waals surface area contributed by atoms with Crippen LogP contribution < -0.4 is 0 Å². The van der Waals surface area contributed by atoms with Gasteiger partial charge >= 0.3 is 0 Å². The summed E-state index contributed by atoms with van der Waals surface area (Å²) in [5, 5.41) is 13.2. The van der Waals surface area contributed by atoms with Gasteiger partial charge in [0.05, 0.1) is 15.4 Å². The summed E-state index contributed by atoms with van der Waals surface area (Å²) < 4.78 is 0. The highest BCUT2D eigenvalue weighted by Gasteiger charge is 2.44. The predicted molar refractivity (Wildman–Crippen MR) is 69.2 cm³/mol. The maximum Gasteiger partial charge on any atom is 0.108 e. The minimum absolute atomic E-state index is 0.117. The molecule has 1 heterocycles. The van der Waals surface area contributed by atoms with E-state index in [9.17, 15) is 5.11 Å². The molecular weight excluding hydrogens is 242 g/mol. The molecule has 1 aromatic rings. The van der Waals surface area contributed by atoms with Gasteiger partial charge in [-0.3, -0.25) is 0 Å². The maximum absolute atomic E-state index is 10.6. The highest BCUT2D eigenvalue weighted by molar-refractivity contribution is 7.10. The fraction of sp³-hybridized carbons (Fsp3) is 0.667. The fourth-order valence-corrected chi connectivity index (χ4v) is 3.95. The Bertz CT molecular complexity index is 358. The summed E-state index contributed by atoms with van der Waals surface area (Å²) in [5.41, 5.74) is -0.117. The van der Waals surface area contributed by atoms with Crippen LogP contribution in [0.15, 0.2) is 11.4 Å². The summed E-state index contributed by atoms with van der Waals surface area (Å²) in [4.78, 5) is 3.08. The van der Waals surface area contributed by atoms with Gasteiger partial charge in [0, 0.05) is 0 Å². The third-order valence-corrected chi connectivity index (χ3v) is 5.17. The molecule has 0 radical (unpaired) electrons. The molecule has 0 spiro atoms. The highest BCUT2D eigenvalue weighted by Crippen LogP contribution is 2.46.